The Balaban J connectivity index is 1.82. The third-order valence-electron chi connectivity index (χ3n) is 3.61. The minimum Gasteiger partial charge on any atom is -0.266 e. The first-order valence-electron chi connectivity index (χ1n) is 7.48. The van der Waals surface area contributed by atoms with Crippen molar-refractivity contribution in [3.05, 3.63) is 89.1 Å². The smallest absolute Gasteiger partial charge is 0.266 e. The molecule has 0 atom stereocenters. The van der Waals surface area contributed by atoms with Gasteiger partial charge in [0.05, 0.1) is 0 Å². The van der Waals surface area contributed by atoms with Gasteiger partial charge in [-0.1, -0.05) is 60.7 Å². The molecule has 2 heterocycles. The summed E-state index contributed by atoms with van der Waals surface area (Å²) in [5.74, 6) is 0.449. The number of anilines is 1. The van der Waals surface area contributed by atoms with Crippen LogP contribution in [-0.4, -0.2) is 16.7 Å². The number of aromatic nitrogens is 1. The van der Waals surface area contributed by atoms with Crippen LogP contribution in [0.3, 0.4) is 0 Å². The number of hydrogen-bond donors (Lipinski definition) is 0. The van der Waals surface area contributed by atoms with Gasteiger partial charge in [0.25, 0.3) is 5.91 Å². The molecule has 3 aromatic rings. The number of amidine groups is 1. The van der Waals surface area contributed by atoms with Crippen molar-refractivity contribution in [2.75, 3.05) is 4.90 Å². The predicted octanol–water partition coefficient (Wildman–Crippen LogP) is 3.98. The fraction of sp³-hybridized carbons (Fsp3) is 0. The number of benzene rings is 2. The second-order valence-corrected chi connectivity index (χ2v) is 6.07. The highest BCUT2D eigenvalue weighted by molar-refractivity contribution is 7.14. The molecule has 0 N–H and O–H groups in total. The first kappa shape index (κ1) is 14.5. The van der Waals surface area contributed by atoms with Gasteiger partial charge in [-0.05, 0) is 11.6 Å². The maximum atomic E-state index is 12.9. The Bertz CT molecular complexity index is 916. The molecule has 4 rings (SSSR count). The number of hydrogen-bond acceptors (Lipinski definition) is 4. The van der Waals surface area contributed by atoms with E-state index in [2.05, 4.69) is 9.98 Å². The quantitative estimate of drug-likeness (QED) is 0.682. The van der Waals surface area contributed by atoms with Crippen molar-refractivity contribution in [3.63, 3.8) is 0 Å². The maximum absolute atomic E-state index is 12.9. The van der Waals surface area contributed by atoms with E-state index in [0.29, 0.717) is 16.7 Å². The van der Waals surface area contributed by atoms with E-state index < -0.39 is 0 Å². The first-order valence-corrected chi connectivity index (χ1v) is 8.36. The molecule has 0 saturated heterocycles. The molecular weight excluding hydrogens is 318 g/mol. The van der Waals surface area contributed by atoms with Crippen LogP contribution in [0.1, 0.15) is 11.1 Å². The van der Waals surface area contributed by atoms with Crippen LogP contribution in [0.25, 0.3) is 6.08 Å². The topological polar surface area (TPSA) is 45.6 Å². The Labute approximate surface area is 143 Å². The second-order valence-electron chi connectivity index (χ2n) is 5.20. The molecule has 0 aliphatic carbocycles. The summed E-state index contributed by atoms with van der Waals surface area (Å²) in [4.78, 5) is 23.4. The van der Waals surface area contributed by atoms with E-state index in [9.17, 15) is 4.79 Å². The molecule has 0 radical (unpaired) electrons. The highest BCUT2D eigenvalue weighted by Crippen LogP contribution is 2.29. The zero-order valence-corrected chi connectivity index (χ0v) is 13.5. The number of aliphatic imine (C=N–C) groups is 1. The molecule has 0 saturated carbocycles. The van der Waals surface area contributed by atoms with Crippen LogP contribution in [0.5, 0.6) is 0 Å². The lowest BCUT2D eigenvalue weighted by Gasteiger charge is -2.14. The fourth-order valence-corrected chi connectivity index (χ4v) is 3.15. The van der Waals surface area contributed by atoms with Gasteiger partial charge >= 0.3 is 0 Å². The predicted molar refractivity (Wildman–Crippen MR) is 97.0 cm³/mol. The van der Waals surface area contributed by atoms with E-state index in [-0.39, 0.29) is 5.91 Å². The molecular formula is C19H13N3OS. The monoisotopic (exact) mass is 331 g/mol. The molecule has 0 spiro atoms. The third-order valence-corrected chi connectivity index (χ3v) is 4.36. The van der Waals surface area contributed by atoms with Crippen molar-refractivity contribution >= 4 is 34.3 Å². The largest absolute Gasteiger partial charge is 0.284 e. The van der Waals surface area contributed by atoms with E-state index in [1.807, 2.05) is 66.0 Å². The number of nitrogens with zero attached hydrogens (tertiary/aromatic N) is 3. The van der Waals surface area contributed by atoms with Crippen LogP contribution in [0.15, 0.2) is 82.9 Å². The van der Waals surface area contributed by atoms with Crippen molar-refractivity contribution in [3.8, 4) is 0 Å². The van der Waals surface area contributed by atoms with E-state index >= 15 is 0 Å². The van der Waals surface area contributed by atoms with Crippen molar-refractivity contribution in [2.45, 2.75) is 0 Å². The summed E-state index contributed by atoms with van der Waals surface area (Å²) in [5.41, 5.74) is 2.24. The van der Waals surface area contributed by atoms with Crippen molar-refractivity contribution in [1.29, 1.82) is 0 Å². The van der Waals surface area contributed by atoms with Crippen LogP contribution in [-0.2, 0) is 4.79 Å². The lowest BCUT2D eigenvalue weighted by Crippen LogP contribution is -2.32. The number of carbonyl (C=O) groups excluding carboxylic acids is 1. The summed E-state index contributed by atoms with van der Waals surface area (Å²) in [7, 11) is 0. The van der Waals surface area contributed by atoms with Crippen molar-refractivity contribution in [1.82, 2.24) is 4.98 Å². The zero-order chi connectivity index (χ0) is 16.4. The summed E-state index contributed by atoms with van der Waals surface area (Å²) < 4.78 is 0. The average Bonchev–Trinajstić information content (AvgIpc) is 3.25. The maximum Gasteiger partial charge on any atom is 0.284 e. The van der Waals surface area contributed by atoms with Crippen LogP contribution >= 0.6 is 11.3 Å². The molecule has 0 bridgehead atoms. The van der Waals surface area contributed by atoms with E-state index in [1.165, 1.54) is 11.3 Å². The molecule has 2 aromatic carbocycles. The van der Waals surface area contributed by atoms with Crippen LogP contribution in [0.2, 0.25) is 0 Å². The van der Waals surface area contributed by atoms with E-state index in [1.54, 1.807) is 17.2 Å². The summed E-state index contributed by atoms with van der Waals surface area (Å²) >= 11 is 1.42. The minimum atomic E-state index is -0.160. The Hall–Kier alpha value is -3.05. The zero-order valence-electron chi connectivity index (χ0n) is 12.7. The van der Waals surface area contributed by atoms with Crippen molar-refractivity contribution < 1.29 is 4.79 Å². The standard InChI is InChI=1S/C19H13N3OS/c23-18-16(13-14-7-3-1-4-8-14)21-17(15-9-5-2-6-10-15)22(18)19-20-11-12-24-19/h1-13H. The van der Waals surface area contributed by atoms with Crippen molar-refractivity contribution in [2.24, 2.45) is 4.99 Å². The van der Waals surface area contributed by atoms with Crippen LogP contribution in [0, 0.1) is 0 Å². The lowest BCUT2D eigenvalue weighted by atomic mass is 10.2. The Morgan fingerprint density at radius 3 is 2.33 bits per heavy atom. The second kappa shape index (κ2) is 6.22. The summed E-state index contributed by atoms with van der Waals surface area (Å²) in [6.07, 6.45) is 3.49. The fourth-order valence-electron chi connectivity index (χ4n) is 2.51. The highest BCUT2D eigenvalue weighted by Gasteiger charge is 2.33. The molecule has 1 aliphatic heterocycles. The van der Waals surface area contributed by atoms with Gasteiger partial charge in [-0.25, -0.2) is 14.9 Å². The molecule has 5 heteroatoms. The van der Waals surface area contributed by atoms with Gasteiger partial charge in [-0.2, -0.15) is 0 Å². The lowest BCUT2D eigenvalue weighted by molar-refractivity contribution is -0.113. The molecule has 0 fully saturated rings. The number of thiazole rings is 1. The Morgan fingerprint density at radius 2 is 1.67 bits per heavy atom. The van der Waals surface area contributed by atoms with Gasteiger partial charge < -0.3 is 0 Å². The number of amides is 1. The van der Waals surface area contributed by atoms with Gasteiger partial charge in [0.1, 0.15) is 11.5 Å². The highest BCUT2D eigenvalue weighted by atomic mass is 32.1. The van der Waals surface area contributed by atoms with Gasteiger partial charge in [0.15, 0.2) is 5.13 Å². The van der Waals surface area contributed by atoms with Crippen LogP contribution in [0.4, 0.5) is 5.13 Å². The first-order chi connectivity index (χ1) is 11.8. The summed E-state index contributed by atoms with van der Waals surface area (Å²) in [6.45, 7) is 0. The number of rotatable bonds is 3. The Morgan fingerprint density at radius 1 is 0.958 bits per heavy atom. The molecule has 116 valence electrons. The third kappa shape index (κ3) is 2.66. The van der Waals surface area contributed by atoms with Gasteiger partial charge in [-0.15, -0.1) is 11.3 Å². The molecule has 1 aromatic heterocycles. The van der Waals surface area contributed by atoms with Gasteiger partial charge in [0, 0.05) is 17.1 Å². The molecule has 24 heavy (non-hydrogen) atoms. The molecule has 4 nitrogen and oxygen atoms in total. The summed E-state index contributed by atoms with van der Waals surface area (Å²) in [5, 5.41) is 2.48. The number of carbonyl (C=O) groups is 1. The normalized spacial score (nSPS) is 15.8. The van der Waals surface area contributed by atoms with Gasteiger partial charge in [-0.3, -0.25) is 4.79 Å². The molecule has 0 unspecified atom stereocenters. The average molecular weight is 331 g/mol. The molecule has 1 aliphatic rings. The van der Waals surface area contributed by atoms with E-state index in [4.69, 9.17) is 0 Å². The minimum absolute atomic E-state index is 0.160. The van der Waals surface area contributed by atoms with E-state index in [0.717, 1.165) is 11.1 Å². The summed E-state index contributed by atoms with van der Waals surface area (Å²) in [6, 6.07) is 19.4. The SMILES string of the molecule is O=C1C(=Cc2ccccc2)N=C(c2ccccc2)N1c1nccs1. The Kier molecular flexibility index (Phi) is 3.76. The van der Waals surface area contributed by atoms with Gasteiger partial charge in [0.2, 0.25) is 0 Å². The molecule has 1 amide bonds. The van der Waals surface area contributed by atoms with Crippen LogP contribution < -0.4 is 4.90 Å².